The molecule has 0 fully saturated rings. The van der Waals surface area contributed by atoms with Crippen molar-refractivity contribution in [3.05, 3.63) is 29.5 Å². The van der Waals surface area contributed by atoms with Gasteiger partial charge in [0.15, 0.2) is 0 Å². The van der Waals surface area contributed by atoms with Crippen LogP contribution in [0.15, 0.2) is 24.5 Å². The first-order valence-corrected chi connectivity index (χ1v) is 7.66. The molecule has 0 bridgehead atoms. The van der Waals surface area contributed by atoms with Gasteiger partial charge in [-0.3, -0.25) is 10.0 Å². The summed E-state index contributed by atoms with van der Waals surface area (Å²) in [6, 6.07) is 5.63. The number of rotatable bonds is 8. The number of hydrogen-bond donors (Lipinski definition) is 3. The molecule has 0 saturated heterocycles. The summed E-state index contributed by atoms with van der Waals surface area (Å²) >= 11 is 6.12. The highest BCUT2D eigenvalue weighted by molar-refractivity contribution is 6.35. The van der Waals surface area contributed by atoms with Gasteiger partial charge in [-0.05, 0) is 25.0 Å². The van der Waals surface area contributed by atoms with Crippen LogP contribution >= 0.6 is 11.6 Å². The number of unbranched alkanes of at least 4 members (excludes halogenated alkanes) is 3. The third-order valence-electron chi connectivity index (χ3n) is 3.36. The number of carbonyl (C=O) groups is 1. The lowest BCUT2D eigenvalue weighted by atomic mass is 10.1. The molecule has 0 spiro atoms. The molecule has 0 aliphatic rings. The maximum Gasteiger partial charge on any atom is 0.243 e. The average molecular weight is 323 g/mol. The first-order chi connectivity index (χ1) is 10.7. The minimum absolute atomic E-state index is 0.331. The van der Waals surface area contributed by atoms with Crippen LogP contribution in [0.4, 0.5) is 5.82 Å². The summed E-state index contributed by atoms with van der Waals surface area (Å²) in [5, 5.41) is 13.2. The fourth-order valence-electron chi connectivity index (χ4n) is 2.22. The van der Waals surface area contributed by atoms with E-state index in [2.05, 4.69) is 15.3 Å². The monoisotopic (exact) mass is 322 g/mol. The van der Waals surface area contributed by atoms with Crippen molar-refractivity contribution in [2.45, 2.75) is 32.1 Å². The molecule has 0 saturated carbocycles. The predicted octanol–water partition coefficient (Wildman–Crippen LogP) is 3.15. The van der Waals surface area contributed by atoms with E-state index in [0.717, 1.165) is 48.9 Å². The van der Waals surface area contributed by atoms with Crippen LogP contribution in [0.5, 0.6) is 0 Å². The number of nitrogens with one attached hydrogen (secondary N) is 2. The zero-order valence-electron chi connectivity index (χ0n) is 12.2. The molecule has 0 atom stereocenters. The van der Waals surface area contributed by atoms with E-state index >= 15 is 0 Å². The van der Waals surface area contributed by atoms with Crippen LogP contribution in [0.1, 0.15) is 32.1 Å². The molecule has 2 aromatic rings. The number of hydroxylamine groups is 1. The number of fused-ring (bicyclic) bond motifs is 1. The van der Waals surface area contributed by atoms with Crippen molar-refractivity contribution in [2.24, 2.45) is 0 Å². The Hall–Kier alpha value is -1.92. The number of para-hydroxylation sites is 1. The standard InChI is InChI=1S/C15H19ClN4O2/c16-12-7-5-6-11-14(12)18-10-19-15(11)17-9-4-2-1-3-8-13(21)20-22/h5-7,10,22H,1-4,8-9H2,(H,20,21)(H,17,18,19). The minimum Gasteiger partial charge on any atom is -0.369 e. The summed E-state index contributed by atoms with van der Waals surface area (Å²) in [7, 11) is 0. The second-order valence-electron chi connectivity index (χ2n) is 4.98. The van der Waals surface area contributed by atoms with Gasteiger partial charge in [-0.1, -0.05) is 30.5 Å². The molecule has 1 aromatic heterocycles. The molecule has 6 nitrogen and oxygen atoms in total. The van der Waals surface area contributed by atoms with E-state index in [9.17, 15) is 4.79 Å². The molecular formula is C15H19ClN4O2. The van der Waals surface area contributed by atoms with Gasteiger partial charge < -0.3 is 5.32 Å². The first-order valence-electron chi connectivity index (χ1n) is 7.28. The molecule has 0 radical (unpaired) electrons. The smallest absolute Gasteiger partial charge is 0.243 e. The van der Waals surface area contributed by atoms with Gasteiger partial charge >= 0.3 is 0 Å². The second-order valence-corrected chi connectivity index (χ2v) is 5.39. The number of aromatic nitrogens is 2. The molecule has 118 valence electrons. The number of anilines is 1. The summed E-state index contributed by atoms with van der Waals surface area (Å²) in [6.07, 6.45) is 5.58. The Balaban J connectivity index is 1.76. The molecule has 1 amide bonds. The van der Waals surface area contributed by atoms with Gasteiger partial charge in [0.1, 0.15) is 12.1 Å². The number of hydrogen-bond acceptors (Lipinski definition) is 5. The topological polar surface area (TPSA) is 87.1 Å². The van der Waals surface area contributed by atoms with Gasteiger partial charge in [0.2, 0.25) is 5.91 Å². The van der Waals surface area contributed by atoms with Gasteiger partial charge in [-0.2, -0.15) is 0 Å². The maximum atomic E-state index is 10.8. The highest BCUT2D eigenvalue weighted by atomic mass is 35.5. The molecule has 0 aliphatic heterocycles. The second kappa shape index (κ2) is 8.51. The Morgan fingerprint density at radius 2 is 2.00 bits per heavy atom. The van der Waals surface area contributed by atoms with Crippen molar-refractivity contribution in [1.29, 1.82) is 0 Å². The van der Waals surface area contributed by atoms with Crippen LogP contribution in [0.25, 0.3) is 10.9 Å². The predicted molar refractivity (Wildman–Crippen MR) is 86.1 cm³/mol. The lowest BCUT2D eigenvalue weighted by molar-refractivity contribution is -0.129. The van der Waals surface area contributed by atoms with Crippen LogP contribution in [0.2, 0.25) is 5.02 Å². The number of benzene rings is 1. The Morgan fingerprint density at radius 1 is 1.18 bits per heavy atom. The fourth-order valence-corrected chi connectivity index (χ4v) is 2.44. The molecule has 2 rings (SSSR count). The summed E-state index contributed by atoms with van der Waals surface area (Å²) in [5.41, 5.74) is 2.38. The lowest BCUT2D eigenvalue weighted by Gasteiger charge is -2.08. The highest BCUT2D eigenvalue weighted by Crippen LogP contribution is 2.25. The molecule has 0 aliphatic carbocycles. The molecule has 7 heteroatoms. The van der Waals surface area contributed by atoms with Gasteiger partial charge in [-0.15, -0.1) is 0 Å². The van der Waals surface area contributed by atoms with Crippen LogP contribution in [0.3, 0.4) is 0 Å². The van der Waals surface area contributed by atoms with Crippen molar-refractivity contribution in [3.8, 4) is 0 Å². The fraction of sp³-hybridized carbons (Fsp3) is 0.400. The quantitative estimate of drug-likeness (QED) is 0.395. The molecule has 1 heterocycles. The Kier molecular flexibility index (Phi) is 6.36. The van der Waals surface area contributed by atoms with Gasteiger partial charge in [0, 0.05) is 18.4 Å². The zero-order valence-corrected chi connectivity index (χ0v) is 12.9. The SMILES string of the molecule is O=C(CCCCCCNc1ncnc2c(Cl)cccc12)NO. The van der Waals surface area contributed by atoms with E-state index in [4.69, 9.17) is 16.8 Å². The average Bonchev–Trinajstić information content (AvgIpc) is 2.54. The molecule has 3 N–H and O–H groups in total. The zero-order chi connectivity index (χ0) is 15.8. The Morgan fingerprint density at radius 3 is 2.82 bits per heavy atom. The maximum absolute atomic E-state index is 10.8. The van der Waals surface area contributed by atoms with Crippen molar-refractivity contribution >= 4 is 34.2 Å². The van der Waals surface area contributed by atoms with Gasteiger partial charge in [-0.25, -0.2) is 15.4 Å². The molecular weight excluding hydrogens is 304 g/mol. The summed E-state index contributed by atoms with van der Waals surface area (Å²) in [4.78, 5) is 19.3. The van der Waals surface area contributed by atoms with Crippen LogP contribution in [0, 0.1) is 0 Å². The van der Waals surface area contributed by atoms with Gasteiger partial charge in [0.25, 0.3) is 0 Å². The Labute approximate surface area is 133 Å². The third kappa shape index (κ3) is 4.54. The minimum atomic E-state index is -0.331. The molecule has 22 heavy (non-hydrogen) atoms. The van der Waals surface area contributed by atoms with Crippen molar-refractivity contribution in [3.63, 3.8) is 0 Å². The third-order valence-corrected chi connectivity index (χ3v) is 3.67. The van der Waals surface area contributed by atoms with Crippen molar-refractivity contribution in [2.75, 3.05) is 11.9 Å². The van der Waals surface area contributed by atoms with Crippen molar-refractivity contribution < 1.29 is 10.0 Å². The normalized spacial score (nSPS) is 10.6. The van der Waals surface area contributed by atoms with Crippen LogP contribution in [-0.4, -0.2) is 27.6 Å². The number of amides is 1. The molecule has 1 aromatic carbocycles. The van der Waals surface area contributed by atoms with Gasteiger partial charge in [0.05, 0.1) is 10.5 Å². The lowest BCUT2D eigenvalue weighted by Crippen LogP contribution is -2.17. The van der Waals surface area contributed by atoms with E-state index in [0.29, 0.717) is 11.4 Å². The van der Waals surface area contributed by atoms with E-state index in [1.54, 1.807) is 5.48 Å². The van der Waals surface area contributed by atoms with E-state index in [1.165, 1.54) is 6.33 Å². The summed E-state index contributed by atoms with van der Waals surface area (Å²) < 4.78 is 0. The number of nitrogens with zero attached hydrogens (tertiary/aromatic N) is 2. The number of halogens is 1. The van der Waals surface area contributed by atoms with E-state index < -0.39 is 0 Å². The van der Waals surface area contributed by atoms with Crippen LogP contribution in [-0.2, 0) is 4.79 Å². The summed E-state index contributed by atoms with van der Waals surface area (Å²) in [6.45, 7) is 0.796. The highest BCUT2D eigenvalue weighted by Gasteiger charge is 2.05. The summed E-state index contributed by atoms with van der Waals surface area (Å²) in [5.74, 6) is 0.453. The molecule has 0 unspecified atom stereocenters. The van der Waals surface area contributed by atoms with E-state index in [1.807, 2.05) is 18.2 Å². The number of carbonyl (C=O) groups excluding carboxylic acids is 1. The van der Waals surface area contributed by atoms with Crippen molar-refractivity contribution in [1.82, 2.24) is 15.4 Å². The van der Waals surface area contributed by atoms with Crippen LogP contribution < -0.4 is 10.8 Å². The largest absolute Gasteiger partial charge is 0.369 e. The first kappa shape index (κ1) is 16.5. The van der Waals surface area contributed by atoms with E-state index in [-0.39, 0.29) is 5.91 Å². The Bertz CT molecular complexity index is 636.